The first-order valence-corrected chi connectivity index (χ1v) is 4.81. The van der Waals surface area contributed by atoms with Gasteiger partial charge in [-0.3, -0.25) is 9.59 Å². The summed E-state index contributed by atoms with van der Waals surface area (Å²) in [6.45, 7) is 0. The molecule has 3 aliphatic rings. The fourth-order valence-corrected chi connectivity index (χ4v) is 1.78. The minimum atomic E-state index is -0.355. The van der Waals surface area contributed by atoms with Gasteiger partial charge in [-0.15, -0.1) is 0 Å². The van der Waals surface area contributed by atoms with E-state index < -0.39 is 0 Å². The molecule has 0 bridgehead atoms. The maximum atomic E-state index is 11.2. The summed E-state index contributed by atoms with van der Waals surface area (Å²) in [4.78, 5) is 30.0. The number of nitrogens with zero attached hydrogens (tertiary/aromatic N) is 2. The lowest BCUT2D eigenvalue weighted by Crippen LogP contribution is -2.38. The van der Waals surface area contributed by atoms with Gasteiger partial charge in [0.25, 0.3) is 5.91 Å². The molecule has 0 aromatic heterocycles. The maximum absolute atomic E-state index is 11.2. The zero-order valence-corrected chi connectivity index (χ0v) is 8.18. The molecule has 1 unspecified atom stereocenters. The predicted molar refractivity (Wildman–Crippen MR) is 58.2 cm³/mol. The molecule has 1 aliphatic carbocycles. The molecule has 16 heavy (non-hydrogen) atoms. The van der Waals surface area contributed by atoms with Gasteiger partial charge in [-0.05, 0) is 17.7 Å². The molecule has 0 spiro atoms. The van der Waals surface area contributed by atoms with Crippen LogP contribution >= 0.6 is 0 Å². The highest BCUT2D eigenvalue weighted by molar-refractivity contribution is 6.34. The molecule has 2 heterocycles. The number of carbonyl (C=O) groups excluding carboxylic acids is 2. The zero-order valence-electron chi connectivity index (χ0n) is 8.18. The topological polar surface area (TPSA) is 70.9 Å². The van der Waals surface area contributed by atoms with Crippen molar-refractivity contribution in [2.75, 3.05) is 0 Å². The second-order valence-corrected chi connectivity index (χ2v) is 3.61. The molecule has 0 radical (unpaired) electrons. The molecule has 2 aliphatic heterocycles. The van der Waals surface area contributed by atoms with Gasteiger partial charge in [0.05, 0.1) is 23.7 Å². The third-order valence-corrected chi connectivity index (χ3v) is 2.52. The second kappa shape index (κ2) is 3.10. The van der Waals surface area contributed by atoms with Crippen molar-refractivity contribution in [3.05, 3.63) is 35.6 Å². The first-order chi connectivity index (χ1) is 7.72. The third-order valence-electron chi connectivity index (χ3n) is 2.52. The Bertz CT molecular complexity index is 550. The highest BCUT2D eigenvalue weighted by Gasteiger charge is 2.24. The Morgan fingerprint density at radius 1 is 1.25 bits per heavy atom. The van der Waals surface area contributed by atoms with Gasteiger partial charge in [-0.2, -0.15) is 0 Å². The van der Waals surface area contributed by atoms with Crippen molar-refractivity contribution < 1.29 is 9.59 Å². The molecule has 0 saturated heterocycles. The van der Waals surface area contributed by atoms with Crippen molar-refractivity contribution in [2.45, 2.75) is 6.04 Å². The summed E-state index contributed by atoms with van der Waals surface area (Å²) < 4.78 is 0. The van der Waals surface area contributed by atoms with Crippen molar-refractivity contribution in [2.24, 2.45) is 9.98 Å². The minimum absolute atomic E-state index is 0.129. The molecule has 0 aromatic rings. The summed E-state index contributed by atoms with van der Waals surface area (Å²) in [5.41, 5.74) is 2.09. The molecule has 78 valence electrons. The van der Waals surface area contributed by atoms with E-state index in [9.17, 15) is 9.59 Å². The van der Waals surface area contributed by atoms with Gasteiger partial charge in [-0.25, -0.2) is 9.98 Å². The minimum Gasteiger partial charge on any atom is -0.342 e. The Kier molecular flexibility index (Phi) is 1.73. The van der Waals surface area contributed by atoms with Crippen molar-refractivity contribution in [3.8, 4) is 0 Å². The van der Waals surface area contributed by atoms with Crippen LogP contribution in [0.5, 0.6) is 0 Å². The predicted octanol–water partition coefficient (Wildman–Crippen LogP) is -0.0831. The van der Waals surface area contributed by atoms with Gasteiger partial charge in [0, 0.05) is 6.08 Å². The smallest absolute Gasteiger partial charge is 0.288 e. The summed E-state index contributed by atoms with van der Waals surface area (Å²) in [6, 6.07) is -0.170. The van der Waals surface area contributed by atoms with Crippen LogP contribution in [0.2, 0.25) is 0 Å². The summed E-state index contributed by atoms with van der Waals surface area (Å²) in [6.07, 6.45) is 7.91. The Labute approximate surface area is 91.0 Å². The number of allylic oxidation sites excluding steroid dienone is 1. The molecule has 3 rings (SSSR count). The number of hydrogen-bond donors (Lipinski definition) is 1. The van der Waals surface area contributed by atoms with Crippen LogP contribution in [0.3, 0.4) is 0 Å². The molecular weight excluding hydrogens is 206 g/mol. The molecule has 1 N–H and O–H groups in total. The van der Waals surface area contributed by atoms with Gasteiger partial charge in [-0.1, -0.05) is 6.08 Å². The van der Waals surface area contributed by atoms with Crippen molar-refractivity contribution in [1.82, 2.24) is 5.32 Å². The number of hydrogen-bond acceptors (Lipinski definition) is 3. The van der Waals surface area contributed by atoms with Crippen molar-refractivity contribution >= 4 is 23.7 Å². The molecule has 1 atom stereocenters. The van der Waals surface area contributed by atoms with Gasteiger partial charge in [0.2, 0.25) is 5.91 Å². The van der Waals surface area contributed by atoms with E-state index in [0.29, 0.717) is 11.4 Å². The highest BCUT2D eigenvalue weighted by atomic mass is 16.2. The highest BCUT2D eigenvalue weighted by Crippen LogP contribution is 2.21. The monoisotopic (exact) mass is 213 g/mol. The maximum Gasteiger partial charge on any atom is 0.288 e. The van der Waals surface area contributed by atoms with Crippen LogP contribution in [0.25, 0.3) is 0 Å². The third kappa shape index (κ3) is 1.33. The van der Waals surface area contributed by atoms with Crippen LogP contribution < -0.4 is 5.32 Å². The standard InChI is InChI=1S/C11H7N3O2/c15-10-2-1-6-3-9-8(4-7(6)13-10)12-5-11(16)14-9/h1-5,7H,(H,13,15). The van der Waals surface area contributed by atoms with E-state index in [2.05, 4.69) is 15.3 Å². The van der Waals surface area contributed by atoms with Crippen LogP contribution in [0, 0.1) is 0 Å². The van der Waals surface area contributed by atoms with Crippen LogP contribution in [0.15, 0.2) is 45.6 Å². The summed E-state index contributed by atoms with van der Waals surface area (Å²) in [5.74, 6) is -0.485. The van der Waals surface area contributed by atoms with Crippen molar-refractivity contribution in [3.63, 3.8) is 0 Å². The van der Waals surface area contributed by atoms with E-state index in [-0.39, 0.29) is 17.9 Å². The van der Waals surface area contributed by atoms with E-state index >= 15 is 0 Å². The molecule has 0 saturated carbocycles. The van der Waals surface area contributed by atoms with Crippen LogP contribution in [-0.2, 0) is 9.59 Å². The van der Waals surface area contributed by atoms with Gasteiger partial charge in [0.1, 0.15) is 0 Å². The van der Waals surface area contributed by atoms with Crippen molar-refractivity contribution in [1.29, 1.82) is 0 Å². The molecule has 0 fully saturated rings. The summed E-state index contributed by atoms with van der Waals surface area (Å²) >= 11 is 0. The Hall–Kier alpha value is -2.30. The quantitative estimate of drug-likeness (QED) is 0.611. The average Bonchev–Trinajstić information content (AvgIpc) is 2.26. The number of aliphatic imine (C=N–C) groups is 2. The largest absolute Gasteiger partial charge is 0.342 e. The molecule has 5 heteroatoms. The molecule has 2 amide bonds. The molecule has 0 aromatic carbocycles. The fourth-order valence-electron chi connectivity index (χ4n) is 1.78. The SMILES string of the molecule is O=C1C=NC2=CC3NC(=O)C=CC3=CC2=N1. The van der Waals surface area contributed by atoms with E-state index in [4.69, 9.17) is 0 Å². The Morgan fingerprint density at radius 2 is 2.12 bits per heavy atom. The normalized spacial score (nSPS) is 26.2. The second-order valence-electron chi connectivity index (χ2n) is 3.61. The van der Waals surface area contributed by atoms with Crippen LogP contribution in [0.4, 0.5) is 0 Å². The van der Waals surface area contributed by atoms with E-state index in [1.54, 1.807) is 18.2 Å². The van der Waals surface area contributed by atoms with Gasteiger partial charge < -0.3 is 5.32 Å². The first kappa shape index (κ1) is 8.96. The molecular formula is C11H7N3O2. The zero-order chi connectivity index (χ0) is 11.1. The Morgan fingerprint density at radius 3 is 3.00 bits per heavy atom. The lowest BCUT2D eigenvalue weighted by Gasteiger charge is -2.24. The number of amides is 2. The summed E-state index contributed by atoms with van der Waals surface area (Å²) in [5, 5.41) is 2.78. The summed E-state index contributed by atoms with van der Waals surface area (Å²) in [7, 11) is 0. The fraction of sp³-hybridized carbons (Fsp3) is 0.0909. The number of nitrogens with one attached hydrogen (secondary N) is 1. The number of rotatable bonds is 0. The van der Waals surface area contributed by atoms with Crippen LogP contribution in [-0.4, -0.2) is 29.8 Å². The Balaban J connectivity index is 2.07. The van der Waals surface area contributed by atoms with Gasteiger partial charge >= 0.3 is 0 Å². The lowest BCUT2D eigenvalue weighted by atomic mass is 9.94. The number of carbonyl (C=O) groups is 2. The molecule has 5 nitrogen and oxygen atoms in total. The van der Waals surface area contributed by atoms with E-state index in [1.807, 2.05) is 0 Å². The first-order valence-electron chi connectivity index (χ1n) is 4.81. The van der Waals surface area contributed by atoms with Gasteiger partial charge in [0.15, 0.2) is 0 Å². The van der Waals surface area contributed by atoms with Crippen LogP contribution in [0.1, 0.15) is 0 Å². The number of fused-ring (bicyclic) bond motifs is 2. The average molecular weight is 213 g/mol. The van der Waals surface area contributed by atoms with E-state index in [1.165, 1.54) is 12.3 Å². The van der Waals surface area contributed by atoms with E-state index in [0.717, 1.165) is 5.57 Å². The lowest BCUT2D eigenvalue weighted by molar-refractivity contribution is -0.117.